The number of carbonyl (C=O) groups excluding carboxylic acids is 2. The van der Waals surface area contributed by atoms with Crippen molar-refractivity contribution in [3.05, 3.63) is 35.6 Å². The van der Waals surface area contributed by atoms with E-state index in [-0.39, 0.29) is 40.7 Å². The van der Waals surface area contributed by atoms with Crippen molar-refractivity contribution in [2.45, 2.75) is 12.8 Å². The highest BCUT2D eigenvalue weighted by molar-refractivity contribution is 7.91. The number of amides is 2. The van der Waals surface area contributed by atoms with E-state index in [0.717, 1.165) is 18.2 Å². The van der Waals surface area contributed by atoms with E-state index >= 15 is 0 Å². The maximum atomic E-state index is 13.6. The van der Waals surface area contributed by atoms with Crippen LogP contribution in [0.1, 0.15) is 23.2 Å². The van der Waals surface area contributed by atoms with Crippen molar-refractivity contribution in [1.29, 1.82) is 0 Å². The van der Waals surface area contributed by atoms with E-state index in [1.807, 2.05) is 0 Å². The quantitative estimate of drug-likeness (QED) is 0.526. The number of hydrogen-bond donors (Lipinski definition) is 3. The summed E-state index contributed by atoms with van der Waals surface area (Å²) in [7, 11) is -1.79. The molecule has 1 aromatic heterocycles. The van der Waals surface area contributed by atoms with E-state index in [4.69, 9.17) is 9.47 Å². The van der Waals surface area contributed by atoms with Gasteiger partial charge in [0.15, 0.2) is 5.78 Å². The molecule has 1 fully saturated rings. The van der Waals surface area contributed by atoms with Crippen LogP contribution in [0.2, 0.25) is 0 Å². The van der Waals surface area contributed by atoms with Crippen LogP contribution in [0.5, 0.6) is 11.8 Å². The predicted octanol–water partition coefficient (Wildman–Crippen LogP) is 1.70. The van der Waals surface area contributed by atoms with Gasteiger partial charge >= 0.3 is 16.2 Å². The lowest BCUT2D eigenvalue weighted by Gasteiger charge is -2.13. The lowest BCUT2D eigenvalue weighted by molar-refractivity contribution is 0.0968. The van der Waals surface area contributed by atoms with Gasteiger partial charge in [0.25, 0.3) is 0 Å². The number of ether oxygens (including phenoxy) is 2. The number of halogens is 1. The molecule has 0 radical (unpaired) electrons. The van der Waals surface area contributed by atoms with Gasteiger partial charge in [-0.3, -0.25) is 14.8 Å². The molecular formula is C17H18FN5O6S. The van der Waals surface area contributed by atoms with Crippen LogP contribution >= 0.6 is 0 Å². The third-order valence-corrected chi connectivity index (χ3v) is 4.93. The summed E-state index contributed by atoms with van der Waals surface area (Å²) in [6.07, 6.45) is 1.32. The highest BCUT2D eigenvalue weighted by atomic mass is 32.2. The summed E-state index contributed by atoms with van der Waals surface area (Å²) in [4.78, 5) is 32.1. The molecule has 1 aliphatic carbocycles. The van der Waals surface area contributed by atoms with Crippen LogP contribution in [0.3, 0.4) is 0 Å². The summed E-state index contributed by atoms with van der Waals surface area (Å²) in [6, 6.07) is 3.23. The number of carbonyl (C=O) groups is 2. The molecule has 0 bridgehead atoms. The van der Waals surface area contributed by atoms with E-state index in [9.17, 15) is 22.4 Å². The number of nitrogens with zero attached hydrogens (tertiary/aromatic N) is 2. The van der Waals surface area contributed by atoms with Crippen molar-refractivity contribution in [1.82, 2.24) is 14.7 Å². The Balaban J connectivity index is 1.73. The number of hydrogen-bond acceptors (Lipinski definition) is 8. The minimum absolute atomic E-state index is 0.0766. The van der Waals surface area contributed by atoms with Gasteiger partial charge < -0.3 is 9.47 Å². The zero-order valence-electron chi connectivity index (χ0n) is 15.9. The fourth-order valence-corrected chi connectivity index (χ4v) is 3.28. The number of Topliss-reactive ketones (excluding diaryl/α,β-unsaturated/α-hetero) is 1. The van der Waals surface area contributed by atoms with E-state index in [1.165, 1.54) is 20.3 Å². The Labute approximate surface area is 171 Å². The van der Waals surface area contributed by atoms with Crippen LogP contribution in [0.4, 0.5) is 20.8 Å². The highest BCUT2D eigenvalue weighted by Crippen LogP contribution is 2.35. The summed E-state index contributed by atoms with van der Waals surface area (Å²) < 4.78 is 51.8. The molecule has 2 amide bonds. The SMILES string of the molecule is COc1cc(OC)nc(NC(=O)NS(=O)(=O)Nc2ccc(F)cc2C(=O)C2CC2)n1. The summed E-state index contributed by atoms with van der Waals surface area (Å²) in [6.45, 7) is 0. The molecule has 3 N–H and O–H groups in total. The van der Waals surface area contributed by atoms with Crippen molar-refractivity contribution in [2.75, 3.05) is 24.3 Å². The lowest BCUT2D eigenvalue weighted by atomic mass is 10.1. The third kappa shape index (κ3) is 5.31. The first-order valence-corrected chi connectivity index (χ1v) is 10.1. The number of anilines is 2. The molecule has 0 saturated heterocycles. The van der Waals surface area contributed by atoms with Gasteiger partial charge in [-0.15, -0.1) is 0 Å². The van der Waals surface area contributed by atoms with Gasteiger partial charge in [0.1, 0.15) is 5.82 Å². The van der Waals surface area contributed by atoms with Crippen LogP contribution < -0.4 is 24.2 Å². The number of nitrogens with one attached hydrogen (secondary N) is 3. The average molecular weight is 439 g/mol. The molecule has 160 valence electrons. The van der Waals surface area contributed by atoms with Crippen LogP contribution in [0.25, 0.3) is 0 Å². The van der Waals surface area contributed by atoms with Gasteiger partial charge in [0, 0.05) is 11.5 Å². The Morgan fingerprint density at radius 2 is 1.73 bits per heavy atom. The molecule has 2 aromatic rings. The summed E-state index contributed by atoms with van der Waals surface area (Å²) in [5.41, 5.74) is -0.253. The van der Waals surface area contributed by atoms with Crippen LogP contribution in [0, 0.1) is 11.7 Å². The largest absolute Gasteiger partial charge is 0.481 e. The van der Waals surface area contributed by atoms with Gasteiger partial charge in [0.2, 0.25) is 17.7 Å². The second-order valence-corrected chi connectivity index (χ2v) is 7.68. The third-order valence-electron chi connectivity index (χ3n) is 3.99. The molecule has 1 heterocycles. The molecule has 13 heteroatoms. The number of aromatic nitrogens is 2. The Hall–Kier alpha value is -3.48. The topological polar surface area (TPSA) is 149 Å². The Bertz CT molecular complexity index is 1070. The summed E-state index contributed by atoms with van der Waals surface area (Å²) >= 11 is 0. The Morgan fingerprint density at radius 1 is 1.10 bits per heavy atom. The fourth-order valence-electron chi connectivity index (χ4n) is 2.46. The minimum Gasteiger partial charge on any atom is -0.481 e. The van der Waals surface area contributed by atoms with E-state index in [1.54, 1.807) is 4.72 Å². The molecular weight excluding hydrogens is 421 g/mol. The van der Waals surface area contributed by atoms with Crippen molar-refractivity contribution in [3.8, 4) is 11.8 Å². The number of ketones is 1. The van der Waals surface area contributed by atoms with Gasteiger partial charge in [-0.05, 0) is 31.0 Å². The maximum Gasteiger partial charge on any atom is 0.336 e. The van der Waals surface area contributed by atoms with Gasteiger partial charge in [-0.1, -0.05) is 0 Å². The number of benzene rings is 1. The molecule has 1 aromatic carbocycles. The second kappa shape index (κ2) is 8.49. The van der Waals surface area contributed by atoms with Gasteiger partial charge in [0.05, 0.1) is 26.0 Å². The predicted molar refractivity (Wildman–Crippen MR) is 103 cm³/mol. The Morgan fingerprint density at radius 3 is 2.30 bits per heavy atom. The molecule has 30 heavy (non-hydrogen) atoms. The zero-order valence-corrected chi connectivity index (χ0v) is 16.7. The smallest absolute Gasteiger partial charge is 0.336 e. The molecule has 0 unspecified atom stereocenters. The fraction of sp³-hybridized carbons (Fsp3) is 0.294. The molecule has 1 saturated carbocycles. The maximum absolute atomic E-state index is 13.6. The van der Waals surface area contributed by atoms with Crippen molar-refractivity contribution < 1.29 is 31.9 Å². The Kier molecular flexibility index (Phi) is 6.01. The average Bonchev–Trinajstić information content (AvgIpc) is 3.53. The van der Waals surface area contributed by atoms with Crippen LogP contribution in [-0.2, 0) is 10.2 Å². The normalized spacial score (nSPS) is 13.3. The van der Waals surface area contributed by atoms with Gasteiger partial charge in [-0.2, -0.15) is 18.4 Å². The van der Waals surface area contributed by atoms with Gasteiger partial charge in [-0.25, -0.2) is 13.9 Å². The number of rotatable bonds is 8. The lowest BCUT2D eigenvalue weighted by Crippen LogP contribution is -2.38. The first-order valence-electron chi connectivity index (χ1n) is 8.63. The molecule has 11 nitrogen and oxygen atoms in total. The first-order chi connectivity index (χ1) is 14.2. The molecule has 1 aliphatic rings. The molecule has 0 atom stereocenters. The van der Waals surface area contributed by atoms with E-state index in [2.05, 4.69) is 20.0 Å². The van der Waals surface area contributed by atoms with Crippen molar-refractivity contribution in [2.24, 2.45) is 5.92 Å². The zero-order chi connectivity index (χ0) is 21.9. The monoisotopic (exact) mass is 439 g/mol. The van der Waals surface area contributed by atoms with Crippen LogP contribution in [0.15, 0.2) is 24.3 Å². The van der Waals surface area contributed by atoms with Crippen molar-refractivity contribution >= 4 is 33.7 Å². The summed E-state index contributed by atoms with van der Waals surface area (Å²) in [5, 5.41) is 2.13. The standard InChI is InChI=1S/C17H18FN5O6S/c1-28-13-8-14(29-2)20-16(19-13)21-17(25)23-30(26,27)22-12-6-5-10(18)7-11(12)15(24)9-3-4-9/h5-9,22H,3-4H2,1-2H3,(H2,19,20,21,23,25). The molecule has 0 aliphatic heterocycles. The second-order valence-electron chi connectivity index (χ2n) is 6.27. The summed E-state index contributed by atoms with van der Waals surface area (Å²) in [5.74, 6) is -1.43. The van der Waals surface area contributed by atoms with Crippen LogP contribution in [-0.4, -0.2) is 44.4 Å². The number of methoxy groups -OCH3 is 2. The molecule has 0 spiro atoms. The first kappa shape index (κ1) is 21.2. The van der Waals surface area contributed by atoms with E-state index < -0.39 is 22.1 Å². The van der Waals surface area contributed by atoms with Crippen molar-refractivity contribution in [3.63, 3.8) is 0 Å². The molecule has 3 rings (SSSR count). The van der Waals surface area contributed by atoms with E-state index in [0.29, 0.717) is 12.8 Å². The highest BCUT2D eigenvalue weighted by Gasteiger charge is 2.32. The minimum atomic E-state index is -4.46. The number of urea groups is 1.